The van der Waals surface area contributed by atoms with Gasteiger partial charge in [0, 0.05) is 5.56 Å². The van der Waals surface area contributed by atoms with E-state index in [-0.39, 0.29) is 0 Å². The van der Waals surface area contributed by atoms with Crippen molar-refractivity contribution < 1.29 is 9.53 Å². The maximum atomic E-state index is 11.3. The van der Waals surface area contributed by atoms with Gasteiger partial charge >= 0.3 is 0 Å². The second kappa shape index (κ2) is 5.81. The number of hydrogen-bond donors (Lipinski definition) is 0. The maximum absolute atomic E-state index is 11.3. The summed E-state index contributed by atoms with van der Waals surface area (Å²) in [4.78, 5) is 11.3. The molecule has 0 aliphatic rings. The van der Waals surface area contributed by atoms with Gasteiger partial charge in [0.05, 0.1) is 12.8 Å². The lowest BCUT2D eigenvalue weighted by atomic mass is 10.1. The summed E-state index contributed by atoms with van der Waals surface area (Å²) in [7, 11) is 1.62. The van der Waals surface area contributed by atoms with Crippen molar-refractivity contribution in [3.63, 3.8) is 0 Å². The number of methoxy groups -OCH3 is 1. The first-order valence-corrected chi connectivity index (χ1v) is 6.85. The van der Waals surface area contributed by atoms with E-state index >= 15 is 0 Å². The van der Waals surface area contributed by atoms with E-state index in [0.29, 0.717) is 11.4 Å². The molecule has 5 nitrogen and oxygen atoms in total. The molecule has 1 aromatic heterocycles. The van der Waals surface area contributed by atoms with Crippen LogP contribution in [0.2, 0.25) is 0 Å². The van der Waals surface area contributed by atoms with Gasteiger partial charge in [0.25, 0.3) is 0 Å². The van der Waals surface area contributed by atoms with Gasteiger partial charge in [-0.1, -0.05) is 35.0 Å². The Kier molecular flexibility index (Phi) is 3.70. The van der Waals surface area contributed by atoms with E-state index in [1.807, 2.05) is 55.5 Å². The normalized spacial score (nSPS) is 10.5. The van der Waals surface area contributed by atoms with E-state index in [9.17, 15) is 4.79 Å². The first-order chi connectivity index (χ1) is 10.7. The molecule has 5 heteroatoms. The summed E-state index contributed by atoms with van der Waals surface area (Å²) in [6.07, 6.45) is 0.724. The predicted octanol–water partition coefficient (Wildman–Crippen LogP) is 3.06. The number of aldehydes is 1. The Balaban J connectivity index is 2.13. The lowest BCUT2D eigenvalue weighted by Crippen LogP contribution is -2.00. The van der Waals surface area contributed by atoms with Crippen molar-refractivity contribution >= 4 is 6.29 Å². The molecule has 0 spiro atoms. The number of benzene rings is 2. The minimum Gasteiger partial charge on any atom is -0.497 e. The third-order valence-corrected chi connectivity index (χ3v) is 3.45. The van der Waals surface area contributed by atoms with Crippen LogP contribution in [0.3, 0.4) is 0 Å². The van der Waals surface area contributed by atoms with E-state index in [1.165, 1.54) is 0 Å². The topological polar surface area (TPSA) is 57.0 Å². The van der Waals surface area contributed by atoms with Crippen molar-refractivity contribution in [1.29, 1.82) is 0 Å². The monoisotopic (exact) mass is 293 g/mol. The average molecular weight is 293 g/mol. The Morgan fingerprint density at radius 3 is 2.32 bits per heavy atom. The molecule has 0 unspecified atom stereocenters. The number of rotatable bonds is 4. The highest BCUT2D eigenvalue weighted by molar-refractivity contribution is 5.84. The summed E-state index contributed by atoms with van der Waals surface area (Å²) >= 11 is 0. The summed E-state index contributed by atoms with van der Waals surface area (Å²) in [5, 5.41) is 8.07. The summed E-state index contributed by atoms with van der Waals surface area (Å²) in [6.45, 7) is 2.02. The summed E-state index contributed by atoms with van der Waals surface area (Å²) in [5.74, 6) is 0.761. The first-order valence-electron chi connectivity index (χ1n) is 6.85. The maximum Gasteiger partial charge on any atom is 0.172 e. The second-order valence-corrected chi connectivity index (χ2v) is 4.92. The molecule has 0 bridgehead atoms. The van der Waals surface area contributed by atoms with Gasteiger partial charge in [0.1, 0.15) is 11.4 Å². The fourth-order valence-electron chi connectivity index (χ4n) is 2.26. The van der Waals surface area contributed by atoms with Crippen LogP contribution in [-0.4, -0.2) is 28.4 Å². The van der Waals surface area contributed by atoms with Crippen LogP contribution in [0.4, 0.5) is 0 Å². The molecular weight excluding hydrogens is 278 g/mol. The quantitative estimate of drug-likeness (QED) is 0.694. The van der Waals surface area contributed by atoms with Crippen molar-refractivity contribution in [2.75, 3.05) is 7.11 Å². The molecule has 0 saturated heterocycles. The molecule has 0 aliphatic carbocycles. The Labute approximate surface area is 128 Å². The smallest absolute Gasteiger partial charge is 0.172 e. The number of aromatic nitrogens is 3. The first kappa shape index (κ1) is 14.0. The van der Waals surface area contributed by atoms with Gasteiger partial charge in [-0.05, 0) is 31.2 Å². The Hall–Kier alpha value is -2.95. The number of carbonyl (C=O) groups is 1. The molecule has 0 radical (unpaired) electrons. The van der Waals surface area contributed by atoms with Gasteiger partial charge in [-0.2, -0.15) is 0 Å². The highest BCUT2D eigenvalue weighted by Gasteiger charge is 2.15. The van der Waals surface area contributed by atoms with Gasteiger partial charge in [0.15, 0.2) is 12.0 Å². The Morgan fingerprint density at radius 1 is 1.05 bits per heavy atom. The largest absolute Gasteiger partial charge is 0.497 e. The summed E-state index contributed by atoms with van der Waals surface area (Å²) in [5.41, 5.74) is 3.87. The molecule has 2 aromatic carbocycles. The van der Waals surface area contributed by atoms with Gasteiger partial charge < -0.3 is 4.74 Å². The minimum absolute atomic E-state index is 0.319. The molecule has 0 aliphatic heterocycles. The number of nitrogens with zero attached hydrogens (tertiary/aromatic N) is 3. The molecular formula is C17H15N3O2. The molecule has 0 N–H and O–H groups in total. The molecule has 0 atom stereocenters. The van der Waals surface area contributed by atoms with E-state index in [2.05, 4.69) is 10.3 Å². The molecule has 1 heterocycles. The van der Waals surface area contributed by atoms with E-state index < -0.39 is 0 Å². The highest BCUT2D eigenvalue weighted by atomic mass is 16.5. The third-order valence-electron chi connectivity index (χ3n) is 3.45. The zero-order valence-electron chi connectivity index (χ0n) is 12.4. The van der Waals surface area contributed by atoms with Gasteiger partial charge in [-0.3, -0.25) is 4.79 Å². The zero-order chi connectivity index (χ0) is 15.5. The zero-order valence-corrected chi connectivity index (χ0v) is 12.4. The SMILES string of the molecule is COc1ccc(-n2nnc(C=O)c2-c2ccc(C)cc2)cc1. The lowest BCUT2D eigenvalue weighted by Gasteiger charge is -2.08. The Bertz CT molecular complexity index is 790. The van der Waals surface area contributed by atoms with E-state index in [1.54, 1.807) is 11.8 Å². The molecule has 0 amide bonds. The fraction of sp³-hybridized carbons (Fsp3) is 0.118. The van der Waals surface area contributed by atoms with Crippen LogP contribution in [0.1, 0.15) is 16.1 Å². The van der Waals surface area contributed by atoms with Gasteiger partial charge in [0.2, 0.25) is 0 Å². The Morgan fingerprint density at radius 2 is 1.73 bits per heavy atom. The standard InChI is InChI=1S/C17H15N3O2/c1-12-3-5-13(6-4-12)17-16(11-21)18-19-20(17)14-7-9-15(22-2)10-8-14/h3-11H,1-2H3. The van der Waals surface area contributed by atoms with Crippen LogP contribution < -0.4 is 4.74 Å². The number of hydrogen-bond acceptors (Lipinski definition) is 4. The fourth-order valence-corrected chi connectivity index (χ4v) is 2.26. The number of ether oxygens (including phenoxy) is 1. The average Bonchev–Trinajstić information content (AvgIpc) is 2.99. The summed E-state index contributed by atoms with van der Waals surface area (Å²) < 4.78 is 6.82. The highest BCUT2D eigenvalue weighted by Crippen LogP contribution is 2.25. The van der Waals surface area contributed by atoms with Crippen molar-refractivity contribution in [3.05, 3.63) is 59.8 Å². The van der Waals surface area contributed by atoms with Gasteiger partial charge in [-0.25, -0.2) is 4.68 Å². The van der Waals surface area contributed by atoms with Crippen LogP contribution >= 0.6 is 0 Å². The molecule has 0 fully saturated rings. The van der Waals surface area contributed by atoms with Crippen molar-refractivity contribution in [2.45, 2.75) is 6.92 Å². The van der Waals surface area contributed by atoms with Crippen LogP contribution in [0, 0.1) is 6.92 Å². The van der Waals surface area contributed by atoms with E-state index in [0.717, 1.165) is 28.8 Å². The molecule has 0 saturated carbocycles. The van der Waals surface area contributed by atoms with Crippen molar-refractivity contribution in [1.82, 2.24) is 15.0 Å². The van der Waals surface area contributed by atoms with Crippen molar-refractivity contribution in [3.8, 4) is 22.7 Å². The number of aryl methyl sites for hydroxylation is 1. The molecule has 3 rings (SSSR count). The lowest BCUT2D eigenvalue weighted by molar-refractivity contribution is 0.111. The molecule has 3 aromatic rings. The molecule has 110 valence electrons. The third kappa shape index (κ3) is 2.48. The van der Waals surface area contributed by atoms with Crippen molar-refractivity contribution in [2.24, 2.45) is 0 Å². The van der Waals surface area contributed by atoms with Crippen LogP contribution in [0.5, 0.6) is 5.75 Å². The van der Waals surface area contributed by atoms with Crippen LogP contribution in [0.15, 0.2) is 48.5 Å². The van der Waals surface area contributed by atoms with Gasteiger partial charge in [-0.15, -0.1) is 5.10 Å². The predicted molar refractivity (Wildman–Crippen MR) is 83.5 cm³/mol. The second-order valence-electron chi connectivity index (χ2n) is 4.92. The minimum atomic E-state index is 0.319. The molecule has 22 heavy (non-hydrogen) atoms. The summed E-state index contributed by atoms with van der Waals surface area (Å²) in [6, 6.07) is 15.3. The number of carbonyl (C=O) groups excluding carboxylic acids is 1. The van der Waals surface area contributed by atoms with Crippen LogP contribution in [0.25, 0.3) is 16.9 Å². The van der Waals surface area contributed by atoms with E-state index in [4.69, 9.17) is 4.74 Å². The van der Waals surface area contributed by atoms with Crippen LogP contribution in [-0.2, 0) is 0 Å².